The number of nitrogens with one attached hydrogen (secondary N) is 1. The highest BCUT2D eigenvalue weighted by atomic mass is 16.6. The van der Waals surface area contributed by atoms with E-state index >= 15 is 0 Å². The number of rotatable bonds is 9. The highest BCUT2D eigenvalue weighted by Crippen LogP contribution is 2.30. The maximum Gasteiger partial charge on any atom is 0.311 e. The van der Waals surface area contributed by atoms with Crippen LogP contribution in [-0.4, -0.2) is 31.3 Å². The molecule has 0 aliphatic heterocycles. The summed E-state index contributed by atoms with van der Waals surface area (Å²) < 4.78 is 10.5. The van der Waals surface area contributed by atoms with Gasteiger partial charge in [-0.15, -0.1) is 0 Å². The molecule has 0 fully saturated rings. The van der Waals surface area contributed by atoms with Gasteiger partial charge in [-0.05, 0) is 19.4 Å². The van der Waals surface area contributed by atoms with Gasteiger partial charge in [0.1, 0.15) is 0 Å². The number of benzene rings is 1. The lowest BCUT2D eigenvalue weighted by molar-refractivity contribution is -0.385. The molecule has 0 heterocycles. The maximum atomic E-state index is 10.9. The van der Waals surface area contributed by atoms with E-state index in [0.29, 0.717) is 13.2 Å². The van der Waals surface area contributed by atoms with Gasteiger partial charge in [0.05, 0.1) is 18.1 Å². The van der Waals surface area contributed by atoms with E-state index in [-0.39, 0.29) is 17.5 Å². The Balaban J connectivity index is 2.89. The Morgan fingerprint density at radius 2 is 2.15 bits per heavy atom. The van der Waals surface area contributed by atoms with Crippen LogP contribution in [0.3, 0.4) is 0 Å². The Morgan fingerprint density at radius 1 is 1.40 bits per heavy atom. The summed E-state index contributed by atoms with van der Waals surface area (Å²) in [6.07, 6.45) is 2.00. The zero-order chi connectivity index (χ0) is 15.0. The Hall–Kier alpha value is -1.82. The summed E-state index contributed by atoms with van der Waals surface area (Å²) in [6.45, 7) is 4.88. The van der Waals surface area contributed by atoms with Crippen LogP contribution >= 0.6 is 0 Å². The molecule has 0 radical (unpaired) electrons. The van der Waals surface area contributed by atoms with Crippen LogP contribution in [0.25, 0.3) is 0 Å². The van der Waals surface area contributed by atoms with Crippen molar-refractivity contribution in [1.29, 1.82) is 0 Å². The normalized spacial score (nSPS) is 11.9. The molecule has 0 aliphatic rings. The topological polar surface area (TPSA) is 73.6 Å². The van der Waals surface area contributed by atoms with Crippen LogP contribution in [0.4, 0.5) is 11.4 Å². The minimum atomic E-state index is -0.437. The lowest BCUT2D eigenvalue weighted by Crippen LogP contribution is -2.24. The molecule has 0 spiro atoms. The molecule has 1 aromatic rings. The van der Waals surface area contributed by atoms with Gasteiger partial charge in [-0.2, -0.15) is 0 Å². The molecule has 1 rings (SSSR count). The Labute approximate surface area is 119 Å². The molecule has 112 valence electrons. The molecule has 6 nitrogen and oxygen atoms in total. The molecule has 0 saturated heterocycles. The third kappa shape index (κ3) is 4.70. The number of nitro groups is 1. The predicted octanol–water partition coefficient (Wildman–Crippen LogP) is 3.22. The minimum Gasteiger partial charge on any atom is -0.487 e. The SMILES string of the molecule is CCCC(COC)Nc1ccc([N+](=O)[O-])c(OCC)c1. The van der Waals surface area contributed by atoms with Crippen molar-refractivity contribution in [3.05, 3.63) is 28.3 Å². The maximum absolute atomic E-state index is 10.9. The van der Waals surface area contributed by atoms with Gasteiger partial charge in [-0.1, -0.05) is 13.3 Å². The van der Waals surface area contributed by atoms with E-state index in [1.807, 2.05) is 0 Å². The first-order chi connectivity index (χ1) is 9.62. The fraction of sp³-hybridized carbons (Fsp3) is 0.571. The van der Waals surface area contributed by atoms with Gasteiger partial charge in [0.25, 0.3) is 0 Å². The van der Waals surface area contributed by atoms with Crippen molar-refractivity contribution < 1.29 is 14.4 Å². The Bertz CT molecular complexity index is 431. The van der Waals surface area contributed by atoms with E-state index in [4.69, 9.17) is 9.47 Å². The van der Waals surface area contributed by atoms with E-state index < -0.39 is 4.92 Å². The molecule has 20 heavy (non-hydrogen) atoms. The summed E-state index contributed by atoms with van der Waals surface area (Å²) in [5.41, 5.74) is 0.783. The predicted molar refractivity (Wildman–Crippen MR) is 78.5 cm³/mol. The van der Waals surface area contributed by atoms with Crippen LogP contribution < -0.4 is 10.1 Å². The fourth-order valence-electron chi connectivity index (χ4n) is 2.01. The Kier molecular flexibility index (Phi) is 6.79. The molecule has 0 aliphatic carbocycles. The number of nitro benzene ring substituents is 1. The van der Waals surface area contributed by atoms with Gasteiger partial charge in [0, 0.05) is 31.0 Å². The summed E-state index contributed by atoms with van der Waals surface area (Å²) in [5, 5.41) is 14.2. The number of hydrogen-bond acceptors (Lipinski definition) is 5. The summed E-state index contributed by atoms with van der Waals surface area (Å²) in [4.78, 5) is 10.5. The van der Waals surface area contributed by atoms with Crippen LogP contribution in [0.2, 0.25) is 0 Å². The van der Waals surface area contributed by atoms with Crippen molar-refractivity contribution in [2.45, 2.75) is 32.7 Å². The van der Waals surface area contributed by atoms with Crippen LogP contribution in [0.1, 0.15) is 26.7 Å². The molecule has 0 amide bonds. The second-order valence-electron chi connectivity index (χ2n) is 4.46. The van der Waals surface area contributed by atoms with Gasteiger partial charge in [0.15, 0.2) is 5.75 Å². The first-order valence-corrected chi connectivity index (χ1v) is 6.79. The molecular weight excluding hydrogens is 260 g/mol. The van der Waals surface area contributed by atoms with E-state index in [1.54, 1.807) is 26.2 Å². The summed E-state index contributed by atoms with van der Waals surface area (Å²) >= 11 is 0. The highest BCUT2D eigenvalue weighted by Gasteiger charge is 2.16. The van der Waals surface area contributed by atoms with Crippen molar-refractivity contribution >= 4 is 11.4 Å². The van der Waals surface area contributed by atoms with Gasteiger partial charge >= 0.3 is 5.69 Å². The average Bonchev–Trinajstić information content (AvgIpc) is 2.39. The van der Waals surface area contributed by atoms with Gasteiger partial charge in [-0.3, -0.25) is 10.1 Å². The van der Waals surface area contributed by atoms with Crippen LogP contribution in [0, 0.1) is 10.1 Å². The second-order valence-corrected chi connectivity index (χ2v) is 4.46. The molecule has 1 atom stereocenters. The number of methoxy groups -OCH3 is 1. The third-order valence-corrected chi connectivity index (χ3v) is 2.83. The quantitative estimate of drug-likeness (QED) is 0.556. The lowest BCUT2D eigenvalue weighted by Gasteiger charge is -2.19. The smallest absolute Gasteiger partial charge is 0.311 e. The van der Waals surface area contributed by atoms with Crippen LogP contribution in [-0.2, 0) is 4.74 Å². The van der Waals surface area contributed by atoms with Crippen molar-refractivity contribution in [3.63, 3.8) is 0 Å². The number of nitrogens with zero attached hydrogens (tertiary/aromatic N) is 1. The van der Waals surface area contributed by atoms with Crippen LogP contribution in [0.15, 0.2) is 18.2 Å². The summed E-state index contributed by atoms with van der Waals surface area (Å²) in [7, 11) is 1.66. The zero-order valence-corrected chi connectivity index (χ0v) is 12.2. The molecule has 0 aromatic heterocycles. The van der Waals surface area contributed by atoms with Crippen molar-refractivity contribution in [2.75, 3.05) is 25.6 Å². The van der Waals surface area contributed by atoms with Gasteiger partial charge in [-0.25, -0.2) is 0 Å². The van der Waals surface area contributed by atoms with Crippen molar-refractivity contribution in [3.8, 4) is 5.75 Å². The minimum absolute atomic E-state index is 0.0174. The van der Waals surface area contributed by atoms with E-state index in [9.17, 15) is 10.1 Å². The lowest BCUT2D eigenvalue weighted by atomic mass is 10.1. The highest BCUT2D eigenvalue weighted by molar-refractivity contribution is 5.58. The van der Waals surface area contributed by atoms with Crippen molar-refractivity contribution in [1.82, 2.24) is 0 Å². The standard InChI is InChI=1S/C14H22N2O4/c1-4-6-12(10-19-3)15-11-7-8-13(16(17)18)14(9-11)20-5-2/h7-9,12,15H,4-6,10H2,1-3H3. The molecule has 6 heteroatoms. The summed E-state index contributed by atoms with van der Waals surface area (Å²) in [5.74, 6) is 0.287. The summed E-state index contributed by atoms with van der Waals surface area (Å²) in [6, 6.07) is 5.00. The van der Waals surface area contributed by atoms with E-state index in [2.05, 4.69) is 12.2 Å². The first kappa shape index (κ1) is 16.2. The Morgan fingerprint density at radius 3 is 2.70 bits per heavy atom. The fourth-order valence-corrected chi connectivity index (χ4v) is 2.01. The number of ether oxygens (including phenoxy) is 2. The molecule has 1 aromatic carbocycles. The van der Waals surface area contributed by atoms with Gasteiger partial charge < -0.3 is 14.8 Å². The van der Waals surface area contributed by atoms with E-state index in [1.165, 1.54) is 6.07 Å². The third-order valence-electron chi connectivity index (χ3n) is 2.83. The molecule has 1 N–H and O–H groups in total. The van der Waals surface area contributed by atoms with E-state index in [0.717, 1.165) is 18.5 Å². The second kappa shape index (κ2) is 8.37. The molecule has 0 saturated carbocycles. The zero-order valence-electron chi connectivity index (χ0n) is 12.2. The average molecular weight is 282 g/mol. The molecule has 0 bridgehead atoms. The molecule has 1 unspecified atom stereocenters. The largest absolute Gasteiger partial charge is 0.487 e. The first-order valence-electron chi connectivity index (χ1n) is 6.79. The monoisotopic (exact) mass is 282 g/mol. The van der Waals surface area contributed by atoms with Crippen molar-refractivity contribution in [2.24, 2.45) is 0 Å². The number of anilines is 1. The van der Waals surface area contributed by atoms with Crippen LogP contribution in [0.5, 0.6) is 5.75 Å². The van der Waals surface area contributed by atoms with Gasteiger partial charge in [0.2, 0.25) is 0 Å². The molecular formula is C14H22N2O4. The number of hydrogen-bond donors (Lipinski definition) is 1.